The van der Waals surface area contributed by atoms with E-state index in [1.165, 1.54) is 0 Å². The van der Waals surface area contributed by atoms with Crippen LogP contribution in [-0.4, -0.2) is 25.2 Å². The van der Waals surface area contributed by atoms with Crippen LogP contribution in [-0.2, 0) is 16.0 Å². The van der Waals surface area contributed by atoms with Crippen molar-refractivity contribution in [1.29, 1.82) is 0 Å². The van der Waals surface area contributed by atoms with Crippen LogP contribution in [0.4, 0.5) is 17.1 Å². The van der Waals surface area contributed by atoms with Crippen molar-refractivity contribution in [3.8, 4) is 0 Å². The van der Waals surface area contributed by atoms with E-state index >= 15 is 0 Å². The molecule has 5 nitrogen and oxygen atoms in total. The van der Waals surface area contributed by atoms with Gasteiger partial charge in [0.15, 0.2) is 0 Å². The number of nitrogen functional groups attached to an aromatic ring is 1. The maximum atomic E-state index is 11.4. The summed E-state index contributed by atoms with van der Waals surface area (Å²) in [5.74, 6) is 0.0614. The van der Waals surface area contributed by atoms with Crippen LogP contribution < -0.4 is 16.4 Å². The van der Waals surface area contributed by atoms with Crippen molar-refractivity contribution in [2.45, 2.75) is 32.8 Å². The molecule has 0 aromatic heterocycles. The highest BCUT2D eigenvalue weighted by Gasteiger charge is 2.16. The Morgan fingerprint density at radius 2 is 2.21 bits per heavy atom. The number of rotatable bonds is 5. The first-order chi connectivity index (χ1) is 9.06. The van der Waals surface area contributed by atoms with E-state index in [9.17, 15) is 4.79 Å². The number of carbonyl (C=O) groups is 1. The zero-order chi connectivity index (χ0) is 13.8. The van der Waals surface area contributed by atoms with Crippen LogP contribution in [0.3, 0.4) is 0 Å². The molecular weight excluding hydrogens is 242 g/mol. The third kappa shape index (κ3) is 3.61. The molecule has 0 bridgehead atoms. The van der Waals surface area contributed by atoms with Gasteiger partial charge in [-0.3, -0.25) is 4.79 Å². The lowest BCUT2D eigenvalue weighted by atomic mass is 10.0. The van der Waals surface area contributed by atoms with Crippen LogP contribution in [0.1, 0.15) is 25.8 Å². The van der Waals surface area contributed by atoms with Crippen molar-refractivity contribution < 1.29 is 9.53 Å². The second-order valence-corrected chi connectivity index (χ2v) is 4.99. The smallest absolute Gasteiger partial charge is 0.224 e. The highest BCUT2D eigenvalue weighted by Crippen LogP contribution is 2.30. The average Bonchev–Trinajstić information content (AvgIpc) is 2.35. The molecule has 1 aromatic rings. The van der Waals surface area contributed by atoms with Crippen LogP contribution in [0.2, 0.25) is 0 Å². The number of ether oxygens (including phenoxy) is 1. The second-order valence-electron chi connectivity index (χ2n) is 4.99. The largest absolute Gasteiger partial charge is 0.397 e. The third-order valence-electron chi connectivity index (χ3n) is 3.04. The van der Waals surface area contributed by atoms with E-state index in [-0.39, 0.29) is 12.0 Å². The topological polar surface area (TPSA) is 76.4 Å². The molecule has 104 valence electrons. The number of hydrogen-bond donors (Lipinski definition) is 3. The lowest BCUT2D eigenvalue weighted by molar-refractivity contribution is -0.116. The lowest BCUT2D eigenvalue weighted by Gasteiger charge is -2.20. The Bertz CT molecular complexity index is 472. The Morgan fingerprint density at radius 1 is 1.42 bits per heavy atom. The molecular formula is C14H21N3O2. The predicted octanol–water partition coefficient (Wildman–Crippen LogP) is 1.99. The number of amides is 1. The first-order valence-corrected chi connectivity index (χ1v) is 6.64. The quantitative estimate of drug-likeness (QED) is 0.561. The Hall–Kier alpha value is -1.75. The van der Waals surface area contributed by atoms with E-state index in [4.69, 9.17) is 10.5 Å². The number of hydrogen-bond acceptors (Lipinski definition) is 4. The summed E-state index contributed by atoms with van der Waals surface area (Å²) in [5, 5.41) is 6.10. The molecule has 0 radical (unpaired) electrons. The van der Waals surface area contributed by atoms with Gasteiger partial charge in [0.05, 0.1) is 24.1 Å². The highest BCUT2D eigenvalue weighted by atomic mass is 16.5. The summed E-state index contributed by atoms with van der Waals surface area (Å²) >= 11 is 0. The van der Waals surface area contributed by atoms with Crippen LogP contribution in [0.25, 0.3) is 0 Å². The van der Waals surface area contributed by atoms with E-state index in [1.807, 2.05) is 26.0 Å². The molecule has 0 unspecified atom stereocenters. The number of benzene rings is 1. The monoisotopic (exact) mass is 263 g/mol. The third-order valence-corrected chi connectivity index (χ3v) is 3.04. The standard InChI is InChI=1S/C14H21N3O2/c1-9(2)19-6-5-16-13-8-12-10(7-11(13)15)3-4-14(18)17-12/h7-9,16H,3-6,15H2,1-2H3,(H,17,18). The number of carbonyl (C=O) groups excluding carboxylic acids is 1. The number of nitrogens with two attached hydrogens (primary N) is 1. The Labute approximate surface area is 113 Å². The second kappa shape index (κ2) is 5.93. The number of aryl methyl sites for hydroxylation is 1. The van der Waals surface area contributed by atoms with Crippen LogP contribution in [0.5, 0.6) is 0 Å². The van der Waals surface area contributed by atoms with Crippen molar-refractivity contribution in [3.63, 3.8) is 0 Å². The van der Waals surface area contributed by atoms with Crippen molar-refractivity contribution in [2.24, 2.45) is 0 Å². The number of anilines is 3. The van der Waals surface area contributed by atoms with Crippen molar-refractivity contribution in [2.75, 3.05) is 29.5 Å². The SMILES string of the molecule is CC(C)OCCNc1cc2c(cc1N)CCC(=O)N2. The van der Waals surface area contributed by atoms with Gasteiger partial charge in [-0.2, -0.15) is 0 Å². The molecule has 2 rings (SSSR count). The number of fused-ring (bicyclic) bond motifs is 1. The van der Waals surface area contributed by atoms with E-state index in [0.29, 0.717) is 25.3 Å². The van der Waals surface area contributed by atoms with Crippen LogP contribution in [0, 0.1) is 0 Å². The lowest BCUT2D eigenvalue weighted by Crippen LogP contribution is -2.20. The highest BCUT2D eigenvalue weighted by molar-refractivity contribution is 5.95. The van der Waals surface area contributed by atoms with Crippen molar-refractivity contribution >= 4 is 23.0 Å². The summed E-state index contributed by atoms with van der Waals surface area (Å²) < 4.78 is 5.46. The maximum absolute atomic E-state index is 11.4. The average molecular weight is 263 g/mol. The summed E-state index contributed by atoms with van der Waals surface area (Å²) in [4.78, 5) is 11.4. The molecule has 1 aliphatic heterocycles. The molecule has 1 amide bonds. The molecule has 0 saturated heterocycles. The minimum atomic E-state index is 0.0614. The van der Waals surface area contributed by atoms with E-state index in [1.54, 1.807) is 0 Å². The van der Waals surface area contributed by atoms with Gasteiger partial charge < -0.3 is 21.1 Å². The van der Waals surface area contributed by atoms with E-state index < -0.39 is 0 Å². The fraction of sp³-hybridized carbons (Fsp3) is 0.500. The normalized spacial score (nSPS) is 14.2. The summed E-state index contributed by atoms with van der Waals surface area (Å²) in [6.07, 6.45) is 1.51. The molecule has 0 atom stereocenters. The van der Waals surface area contributed by atoms with Crippen molar-refractivity contribution in [1.82, 2.24) is 0 Å². The molecule has 1 aromatic carbocycles. The molecule has 1 aliphatic rings. The minimum absolute atomic E-state index is 0.0614. The summed E-state index contributed by atoms with van der Waals surface area (Å²) in [6, 6.07) is 3.83. The Morgan fingerprint density at radius 3 is 2.95 bits per heavy atom. The molecule has 4 N–H and O–H groups in total. The summed E-state index contributed by atoms with van der Waals surface area (Å²) in [7, 11) is 0. The first-order valence-electron chi connectivity index (χ1n) is 6.64. The fourth-order valence-corrected chi connectivity index (χ4v) is 2.08. The zero-order valence-electron chi connectivity index (χ0n) is 11.5. The van der Waals surface area contributed by atoms with Gasteiger partial charge >= 0.3 is 0 Å². The molecule has 0 aliphatic carbocycles. The summed E-state index contributed by atoms with van der Waals surface area (Å²) in [5.41, 5.74) is 9.51. The van der Waals surface area contributed by atoms with Crippen LogP contribution in [0.15, 0.2) is 12.1 Å². The van der Waals surface area contributed by atoms with Gasteiger partial charge in [-0.1, -0.05) is 0 Å². The molecule has 0 fully saturated rings. The zero-order valence-corrected chi connectivity index (χ0v) is 11.5. The molecule has 0 saturated carbocycles. The maximum Gasteiger partial charge on any atom is 0.224 e. The van der Waals surface area contributed by atoms with Gasteiger partial charge in [-0.25, -0.2) is 0 Å². The van der Waals surface area contributed by atoms with Gasteiger partial charge in [-0.05, 0) is 38.0 Å². The molecule has 1 heterocycles. The van der Waals surface area contributed by atoms with E-state index in [2.05, 4.69) is 10.6 Å². The fourth-order valence-electron chi connectivity index (χ4n) is 2.08. The van der Waals surface area contributed by atoms with Gasteiger partial charge in [0, 0.05) is 18.7 Å². The molecule has 5 heteroatoms. The predicted molar refractivity (Wildman–Crippen MR) is 77.4 cm³/mol. The molecule has 19 heavy (non-hydrogen) atoms. The van der Waals surface area contributed by atoms with Crippen molar-refractivity contribution in [3.05, 3.63) is 17.7 Å². The van der Waals surface area contributed by atoms with Gasteiger partial charge in [-0.15, -0.1) is 0 Å². The van der Waals surface area contributed by atoms with Gasteiger partial charge in [0.2, 0.25) is 5.91 Å². The Kier molecular flexibility index (Phi) is 4.27. The summed E-state index contributed by atoms with van der Waals surface area (Å²) in [6.45, 7) is 5.32. The minimum Gasteiger partial charge on any atom is -0.397 e. The van der Waals surface area contributed by atoms with Gasteiger partial charge in [0.25, 0.3) is 0 Å². The van der Waals surface area contributed by atoms with Gasteiger partial charge in [0.1, 0.15) is 0 Å². The molecule has 0 spiro atoms. The van der Waals surface area contributed by atoms with Crippen LogP contribution >= 0.6 is 0 Å². The first kappa shape index (κ1) is 13.7. The number of nitrogens with one attached hydrogen (secondary N) is 2. The Balaban J connectivity index is 2.01. The van der Waals surface area contributed by atoms with E-state index in [0.717, 1.165) is 23.4 Å².